The van der Waals surface area contributed by atoms with Crippen LogP contribution in [-0.2, 0) is 19.4 Å². The lowest BCUT2D eigenvalue weighted by molar-refractivity contribution is 0.357. The Morgan fingerprint density at radius 1 is 1.53 bits per heavy atom. The highest BCUT2D eigenvalue weighted by atomic mass is 16.1. The molecular weight excluding hydrogens is 188 g/mol. The van der Waals surface area contributed by atoms with Crippen molar-refractivity contribution in [2.24, 2.45) is 5.41 Å². The highest BCUT2D eigenvalue weighted by Gasteiger charge is 2.30. The van der Waals surface area contributed by atoms with Crippen LogP contribution in [-0.4, -0.2) is 9.55 Å². The number of nitrogens with zero attached hydrogens (tertiary/aromatic N) is 2. The van der Waals surface area contributed by atoms with Crippen LogP contribution in [0.1, 0.15) is 38.7 Å². The van der Waals surface area contributed by atoms with E-state index in [-0.39, 0.29) is 11.0 Å². The van der Waals surface area contributed by atoms with E-state index in [1.165, 1.54) is 0 Å². The second kappa shape index (κ2) is 3.47. The average Bonchev–Trinajstić information content (AvgIpc) is 2.41. The molecule has 0 radical (unpaired) electrons. The van der Waals surface area contributed by atoms with Crippen LogP contribution < -0.4 is 5.56 Å². The summed E-state index contributed by atoms with van der Waals surface area (Å²) in [4.78, 5) is 16.4. The lowest BCUT2D eigenvalue weighted by Gasteiger charge is -2.13. The Bertz CT molecular complexity index is 432. The van der Waals surface area contributed by atoms with Crippen molar-refractivity contribution in [2.45, 2.75) is 46.6 Å². The molecule has 0 N–H and O–H groups in total. The van der Waals surface area contributed by atoms with Crippen molar-refractivity contribution in [3.05, 3.63) is 27.9 Å². The minimum atomic E-state index is 0.119. The van der Waals surface area contributed by atoms with Crippen LogP contribution in [0.5, 0.6) is 0 Å². The molecule has 0 fully saturated rings. The Hall–Kier alpha value is -1.12. The number of hydrogen-bond donors (Lipinski definition) is 0. The SMILES string of the molecule is CCCc1cc(=O)n2c(n1)CC(C)(C)C2. The lowest BCUT2D eigenvalue weighted by Crippen LogP contribution is -2.22. The van der Waals surface area contributed by atoms with Gasteiger partial charge < -0.3 is 0 Å². The molecule has 1 aromatic heterocycles. The Morgan fingerprint density at radius 2 is 2.27 bits per heavy atom. The molecule has 0 atom stereocenters. The van der Waals surface area contributed by atoms with Gasteiger partial charge in [0.2, 0.25) is 0 Å². The summed E-state index contributed by atoms with van der Waals surface area (Å²) >= 11 is 0. The highest BCUT2D eigenvalue weighted by Crippen LogP contribution is 2.28. The molecule has 1 aliphatic rings. The normalized spacial score (nSPS) is 17.8. The summed E-state index contributed by atoms with van der Waals surface area (Å²) in [6, 6.07) is 1.69. The maximum atomic E-state index is 11.8. The van der Waals surface area contributed by atoms with Gasteiger partial charge in [0.25, 0.3) is 5.56 Å². The van der Waals surface area contributed by atoms with Crippen molar-refractivity contribution < 1.29 is 0 Å². The van der Waals surface area contributed by atoms with Crippen molar-refractivity contribution in [3.63, 3.8) is 0 Å². The third-order valence-electron chi connectivity index (χ3n) is 2.87. The second-order valence-corrected chi connectivity index (χ2v) is 5.18. The number of fused-ring (bicyclic) bond motifs is 1. The summed E-state index contributed by atoms with van der Waals surface area (Å²) in [7, 11) is 0. The first-order chi connectivity index (χ1) is 7.02. The van der Waals surface area contributed by atoms with Gasteiger partial charge in [0, 0.05) is 24.7 Å². The van der Waals surface area contributed by atoms with Gasteiger partial charge in [0.05, 0.1) is 0 Å². The number of aromatic nitrogens is 2. The van der Waals surface area contributed by atoms with E-state index in [0.29, 0.717) is 0 Å². The first-order valence-corrected chi connectivity index (χ1v) is 5.61. The molecule has 0 amide bonds. The zero-order chi connectivity index (χ0) is 11.1. The maximum Gasteiger partial charge on any atom is 0.253 e. The van der Waals surface area contributed by atoms with E-state index in [4.69, 9.17) is 0 Å². The second-order valence-electron chi connectivity index (χ2n) is 5.18. The van der Waals surface area contributed by atoms with Gasteiger partial charge in [0.1, 0.15) is 5.82 Å². The van der Waals surface area contributed by atoms with Crippen molar-refractivity contribution in [1.29, 1.82) is 0 Å². The largest absolute Gasteiger partial charge is 0.296 e. The van der Waals surface area contributed by atoms with Gasteiger partial charge in [-0.15, -0.1) is 0 Å². The van der Waals surface area contributed by atoms with E-state index in [9.17, 15) is 4.79 Å². The third kappa shape index (κ3) is 1.96. The molecule has 0 unspecified atom stereocenters. The van der Waals surface area contributed by atoms with Gasteiger partial charge >= 0.3 is 0 Å². The standard InChI is InChI=1S/C12H18N2O/c1-4-5-9-6-11(15)14-8-12(2,3)7-10(14)13-9/h6H,4-5,7-8H2,1-3H3. The number of aryl methyl sites for hydroxylation is 1. The summed E-state index contributed by atoms with van der Waals surface area (Å²) in [5.41, 5.74) is 1.25. The predicted octanol–water partition coefficient (Wildman–Crippen LogP) is 1.78. The Kier molecular flexibility index (Phi) is 2.41. The van der Waals surface area contributed by atoms with Crippen molar-refractivity contribution >= 4 is 0 Å². The summed E-state index contributed by atoms with van der Waals surface area (Å²) < 4.78 is 1.82. The number of rotatable bonds is 2. The molecule has 0 saturated heterocycles. The van der Waals surface area contributed by atoms with Crippen LogP contribution in [0, 0.1) is 5.41 Å². The first-order valence-electron chi connectivity index (χ1n) is 5.61. The molecule has 3 nitrogen and oxygen atoms in total. The van der Waals surface area contributed by atoms with Gasteiger partial charge in [-0.2, -0.15) is 0 Å². The van der Waals surface area contributed by atoms with Crippen LogP contribution in [0.3, 0.4) is 0 Å². The van der Waals surface area contributed by atoms with Gasteiger partial charge in [-0.25, -0.2) is 4.98 Å². The zero-order valence-electron chi connectivity index (χ0n) is 9.71. The van der Waals surface area contributed by atoms with Crippen LogP contribution in [0.15, 0.2) is 10.9 Å². The van der Waals surface area contributed by atoms with E-state index < -0.39 is 0 Å². The minimum Gasteiger partial charge on any atom is -0.296 e. The molecule has 0 saturated carbocycles. The summed E-state index contributed by atoms with van der Waals surface area (Å²) in [5.74, 6) is 0.968. The molecule has 0 aliphatic carbocycles. The maximum absolute atomic E-state index is 11.8. The summed E-state index contributed by atoms with van der Waals surface area (Å²) in [6.07, 6.45) is 2.86. The van der Waals surface area contributed by atoms with Crippen molar-refractivity contribution in [3.8, 4) is 0 Å². The zero-order valence-corrected chi connectivity index (χ0v) is 9.71. The summed E-state index contributed by atoms with van der Waals surface area (Å²) in [6.45, 7) is 7.28. The molecule has 82 valence electrons. The van der Waals surface area contributed by atoms with Gasteiger partial charge in [0.15, 0.2) is 0 Å². The fourth-order valence-corrected chi connectivity index (χ4v) is 2.21. The topological polar surface area (TPSA) is 34.9 Å². The van der Waals surface area contributed by atoms with Crippen molar-refractivity contribution in [1.82, 2.24) is 9.55 Å². The molecule has 0 spiro atoms. The molecule has 15 heavy (non-hydrogen) atoms. The smallest absolute Gasteiger partial charge is 0.253 e. The van der Waals surface area contributed by atoms with Gasteiger partial charge in [-0.05, 0) is 11.8 Å². The molecule has 3 heteroatoms. The van der Waals surface area contributed by atoms with Crippen LogP contribution in [0.2, 0.25) is 0 Å². The molecule has 2 heterocycles. The Balaban J connectivity index is 2.42. The summed E-state index contributed by atoms with van der Waals surface area (Å²) in [5, 5.41) is 0. The average molecular weight is 206 g/mol. The first kappa shape index (κ1) is 10.4. The molecule has 0 bridgehead atoms. The molecule has 1 aliphatic heterocycles. The quantitative estimate of drug-likeness (QED) is 0.739. The molecule has 2 rings (SSSR count). The molecule has 1 aromatic rings. The lowest BCUT2D eigenvalue weighted by atomic mass is 9.92. The Morgan fingerprint density at radius 3 is 2.93 bits per heavy atom. The van der Waals surface area contributed by atoms with E-state index >= 15 is 0 Å². The highest BCUT2D eigenvalue weighted by molar-refractivity contribution is 5.10. The number of hydrogen-bond acceptors (Lipinski definition) is 2. The fraction of sp³-hybridized carbons (Fsp3) is 0.667. The molecular formula is C12H18N2O. The predicted molar refractivity (Wildman–Crippen MR) is 60.0 cm³/mol. The van der Waals surface area contributed by atoms with Crippen LogP contribution in [0.25, 0.3) is 0 Å². The van der Waals surface area contributed by atoms with Crippen LogP contribution in [0.4, 0.5) is 0 Å². The minimum absolute atomic E-state index is 0.119. The van der Waals surface area contributed by atoms with E-state index in [1.807, 2.05) is 4.57 Å². The van der Waals surface area contributed by atoms with Gasteiger partial charge in [-0.1, -0.05) is 27.2 Å². The van der Waals surface area contributed by atoms with Crippen molar-refractivity contribution in [2.75, 3.05) is 0 Å². The Labute approximate surface area is 90.2 Å². The fourth-order valence-electron chi connectivity index (χ4n) is 2.21. The monoisotopic (exact) mass is 206 g/mol. The third-order valence-corrected chi connectivity index (χ3v) is 2.87. The van der Waals surface area contributed by atoms with E-state index in [0.717, 1.165) is 37.3 Å². The van der Waals surface area contributed by atoms with Gasteiger partial charge in [-0.3, -0.25) is 9.36 Å². The molecule has 0 aromatic carbocycles. The van der Waals surface area contributed by atoms with E-state index in [2.05, 4.69) is 25.8 Å². The van der Waals surface area contributed by atoms with Crippen LogP contribution >= 0.6 is 0 Å². The van der Waals surface area contributed by atoms with E-state index in [1.54, 1.807) is 6.07 Å².